The van der Waals surface area contributed by atoms with Gasteiger partial charge in [0.2, 0.25) is 0 Å². The number of benzene rings is 8. The molecule has 0 N–H and O–H groups in total. The summed E-state index contributed by atoms with van der Waals surface area (Å²) in [6.45, 7) is 0. The molecule has 10 aromatic rings. The first-order valence-corrected chi connectivity index (χ1v) is 15.4. The molecule has 0 atom stereocenters. The minimum Gasteiger partial charge on any atom is -0.274 e. The highest BCUT2D eigenvalue weighted by Gasteiger charge is 2.21. The second kappa shape index (κ2) is 9.01. The molecule has 2 nitrogen and oxygen atoms in total. The van der Waals surface area contributed by atoms with E-state index in [-0.39, 0.29) is 5.56 Å². The van der Waals surface area contributed by atoms with E-state index in [0.29, 0.717) is 0 Å². The summed E-state index contributed by atoms with van der Waals surface area (Å²) in [4.78, 5) is 14.4. The number of para-hydroxylation sites is 1. The zero-order valence-electron chi connectivity index (χ0n) is 24.3. The predicted octanol–water partition coefficient (Wildman–Crippen LogP) is 11.0. The topological polar surface area (TPSA) is 21.5 Å². The highest BCUT2D eigenvalue weighted by Crippen LogP contribution is 2.42. The summed E-state index contributed by atoms with van der Waals surface area (Å²) in [7, 11) is 0. The van der Waals surface area contributed by atoms with Crippen LogP contribution in [-0.4, -0.2) is 4.40 Å². The van der Waals surface area contributed by atoms with Crippen molar-refractivity contribution < 1.29 is 0 Å². The molecule has 0 aliphatic rings. The highest BCUT2D eigenvalue weighted by atomic mass is 16.1. The van der Waals surface area contributed by atoms with Crippen molar-refractivity contribution in [2.24, 2.45) is 0 Å². The molecule has 0 bridgehead atoms. The van der Waals surface area contributed by atoms with Gasteiger partial charge in [-0.1, -0.05) is 127 Å². The maximum atomic E-state index is 14.4. The fraction of sp³-hybridized carbons (Fsp3) is 0. The largest absolute Gasteiger partial charge is 0.274 e. The predicted molar refractivity (Wildman–Crippen MR) is 191 cm³/mol. The molecular formula is C43H25NO. The number of pyridine rings is 1. The Hall–Kier alpha value is -5.99. The molecule has 0 unspecified atom stereocenters. The lowest BCUT2D eigenvalue weighted by Crippen LogP contribution is -2.13. The van der Waals surface area contributed by atoms with Gasteiger partial charge in [0.15, 0.2) is 0 Å². The summed E-state index contributed by atoms with van der Waals surface area (Å²) in [5, 5.41) is 12.5. The van der Waals surface area contributed by atoms with E-state index in [1.54, 1.807) is 0 Å². The van der Waals surface area contributed by atoms with E-state index < -0.39 is 0 Å². The van der Waals surface area contributed by atoms with Gasteiger partial charge in [-0.3, -0.25) is 9.20 Å². The third-order valence-electron chi connectivity index (χ3n) is 9.70. The molecule has 2 heteroatoms. The Morgan fingerprint density at radius 2 is 0.800 bits per heavy atom. The smallest absolute Gasteiger partial charge is 0.263 e. The summed E-state index contributed by atoms with van der Waals surface area (Å²) < 4.78 is 1.98. The highest BCUT2D eigenvalue weighted by molar-refractivity contribution is 6.27. The lowest BCUT2D eigenvalue weighted by Gasteiger charge is -2.13. The average molecular weight is 572 g/mol. The van der Waals surface area contributed by atoms with Crippen LogP contribution >= 0.6 is 0 Å². The Bertz CT molecular complexity index is 2850. The van der Waals surface area contributed by atoms with Gasteiger partial charge in [-0.05, 0) is 78.7 Å². The van der Waals surface area contributed by atoms with Crippen molar-refractivity contribution in [1.82, 2.24) is 4.40 Å². The summed E-state index contributed by atoms with van der Waals surface area (Å²) in [6.07, 6.45) is 0. The molecule has 0 fully saturated rings. The second-order valence-corrected chi connectivity index (χ2v) is 12.0. The maximum absolute atomic E-state index is 14.4. The van der Waals surface area contributed by atoms with Crippen molar-refractivity contribution in [2.75, 3.05) is 0 Å². The van der Waals surface area contributed by atoms with Crippen LogP contribution in [0.15, 0.2) is 156 Å². The van der Waals surface area contributed by atoms with Crippen molar-refractivity contribution in [2.45, 2.75) is 0 Å². The van der Waals surface area contributed by atoms with Gasteiger partial charge in [0.1, 0.15) is 0 Å². The van der Waals surface area contributed by atoms with Gasteiger partial charge in [0.05, 0.1) is 11.0 Å². The Labute approximate surface area is 258 Å². The average Bonchev–Trinajstić information content (AvgIpc) is 3.46. The third kappa shape index (κ3) is 3.31. The van der Waals surface area contributed by atoms with Crippen LogP contribution in [0.25, 0.3) is 92.5 Å². The Morgan fingerprint density at radius 3 is 1.47 bits per heavy atom. The van der Waals surface area contributed by atoms with Crippen LogP contribution in [0.2, 0.25) is 0 Å². The van der Waals surface area contributed by atoms with E-state index >= 15 is 0 Å². The van der Waals surface area contributed by atoms with E-state index in [2.05, 4.69) is 127 Å². The van der Waals surface area contributed by atoms with Crippen LogP contribution in [0.5, 0.6) is 0 Å². The van der Waals surface area contributed by atoms with E-state index in [1.165, 1.54) is 32.3 Å². The Kier molecular flexibility index (Phi) is 4.90. The quantitative estimate of drug-likeness (QED) is 0.189. The van der Waals surface area contributed by atoms with Crippen molar-refractivity contribution in [3.8, 4) is 22.3 Å². The van der Waals surface area contributed by atoms with Crippen molar-refractivity contribution >= 4 is 70.3 Å². The van der Waals surface area contributed by atoms with Crippen LogP contribution in [-0.2, 0) is 0 Å². The number of rotatable bonds is 2. The molecule has 45 heavy (non-hydrogen) atoms. The van der Waals surface area contributed by atoms with Gasteiger partial charge >= 0.3 is 0 Å². The number of hydrogen-bond donors (Lipinski definition) is 0. The molecule has 0 radical (unpaired) electrons. The van der Waals surface area contributed by atoms with Gasteiger partial charge in [-0.2, -0.15) is 0 Å². The van der Waals surface area contributed by atoms with Crippen LogP contribution < -0.4 is 5.56 Å². The molecule has 2 heterocycles. The molecule has 10 rings (SSSR count). The van der Waals surface area contributed by atoms with Gasteiger partial charge in [0, 0.05) is 27.1 Å². The number of aromatic nitrogens is 1. The van der Waals surface area contributed by atoms with E-state index in [4.69, 9.17) is 0 Å². The summed E-state index contributed by atoms with van der Waals surface area (Å²) in [5.41, 5.74) is 6.44. The second-order valence-electron chi connectivity index (χ2n) is 12.0. The Balaban J connectivity index is 1.37. The van der Waals surface area contributed by atoms with Crippen LogP contribution in [0, 0.1) is 0 Å². The van der Waals surface area contributed by atoms with Crippen molar-refractivity contribution in [3.05, 3.63) is 162 Å². The van der Waals surface area contributed by atoms with Gasteiger partial charge in [-0.25, -0.2) is 0 Å². The monoisotopic (exact) mass is 571 g/mol. The van der Waals surface area contributed by atoms with E-state index in [1.807, 2.05) is 28.7 Å². The van der Waals surface area contributed by atoms with Crippen molar-refractivity contribution in [1.29, 1.82) is 0 Å². The number of fused-ring (bicyclic) bond motifs is 11. The summed E-state index contributed by atoms with van der Waals surface area (Å²) >= 11 is 0. The van der Waals surface area contributed by atoms with Crippen LogP contribution in [0.1, 0.15) is 0 Å². The molecule has 0 spiro atoms. The Morgan fingerprint density at radius 1 is 0.311 bits per heavy atom. The molecule has 0 saturated heterocycles. The number of hydrogen-bond acceptors (Lipinski definition) is 1. The molecule has 8 aromatic carbocycles. The van der Waals surface area contributed by atoms with Crippen LogP contribution in [0.4, 0.5) is 0 Å². The SMILES string of the molecule is O=c1c2ccccc2c2cc(-c3ccccc3)cc3c4cccc(-c5ccc6c7ccccc7c7ccccc7c6c5)c4n1c23. The van der Waals surface area contributed by atoms with E-state index in [9.17, 15) is 4.79 Å². The molecule has 0 aliphatic carbocycles. The van der Waals surface area contributed by atoms with Crippen LogP contribution in [0.3, 0.4) is 0 Å². The molecule has 0 saturated carbocycles. The molecule has 2 aromatic heterocycles. The van der Waals surface area contributed by atoms with E-state index in [0.717, 1.165) is 60.2 Å². The minimum absolute atomic E-state index is 0.0234. The first-order chi connectivity index (χ1) is 22.3. The molecule has 208 valence electrons. The fourth-order valence-corrected chi connectivity index (χ4v) is 7.73. The van der Waals surface area contributed by atoms with Gasteiger partial charge < -0.3 is 0 Å². The summed E-state index contributed by atoms with van der Waals surface area (Å²) in [5.74, 6) is 0. The zero-order valence-corrected chi connectivity index (χ0v) is 24.3. The minimum atomic E-state index is 0.0234. The lowest BCUT2D eigenvalue weighted by atomic mass is 9.91. The zero-order chi connectivity index (χ0) is 29.6. The first kappa shape index (κ1) is 24.5. The lowest BCUT2D eigenvalue weighted by molar-refractivity contribution is 1.21. The molecular weight excluding hydrogens is 546 g/mol. The first-order valence-electron chi connectivity index (χ1n) is 15.4. The molecule has 0 amide bonds. The maximum Gasteiger partial charge on any atom is 0.263 e. The standard InChI is InChI=1S/C43H25NO/c45-43-37-18-9-8-17-34(37)39-24-28(26-11-2-1-3-12-26)25-40-36-20-10-19-29(41(36)44(43)42(39)40)27-21-22-35-32-15-5-4-13-30(32)31-14-6-7-16-33(31)38(35)23-27/h1-25H. The number of nitrogens with zero attached hydrogens (tertiary/aromatic N) is 1. The van der Waals surface area contributed by atoms with Crippen molar-refractivity contribution in [3.63, 3.8) is 0 Å². The normalized spacial score (nSPS) is 12.1. The molecule has 0 aliphatic heterocycles. The fourth-order valence-electron chi connectivity index (χ4n) is 7.73. The third-order valence-corrected chi connectivity index (χ3v) is 9.70. The van der Waals surface area contributed by atoms with Gasteiger partial charge in [0.25, 0.3) is 5.56 Å². The van der Waals surface area contributed by atoms with Gasteiger partial charge in [-0.15, -0.1) is 0 Å². The summed E-state index contributed by atoms with van der Waals surface area (Å²) in [6, 6.07) is 53.7.